The van der Waals surface area contributed by atoms with Crippen molar-refractivity contribution in [3.63, 3.8) is 0 Å². The van der Waals surface area contributed by atoms with Crippen molar-refractivity contribution in [2.45, 2.75) is 37.9 Å². The first-order chi connectivity index (χ1) is 10.3. The van der Waals surface area contributed by atoms with Gasteiger partial charge >= 0.3 is 6.18 Å². The van der Waals surface area contributed by atoms with Gasteiger partial charge in [-0.2, -0.15) is 13.2 Å². The molecule has 5 nitrogen and oxygen atoms in total. The lowest BCUT2D eigenvalue weighted by Gasteiger charge is -2.38. The van der Waals surface area contributed by atoms with Gasteiger partial charge in [0.1, 0.15) is 0 Å². The summed E-state index contributed by atoms with van der Waals surface area (Å²) in [6, 6.07) is 0.142. The van der Waals surface area contributed by atoms with E-state index in [-0.39, 0.29) is 11.9 Å². The number of likely N-dealkylation sites (tertiary alicyclic amines) is 1. The van der Waals surface area contributed by atoms with Gasteiger partial charge < -0.3 is 15.8 Å². The number of amides is 1. The van der Waals surface area contributed by atoms with Gasteiger partial charge in [0.05, 0.1) is 12.0 Å². The number of carbonyl (C=O) groups excluding carboxylic acids is 1. The highest BCUT2D eigenvalue weighted by Crippen LogP contribution is 2.30. The molecule has 0 aromatic heterocycles. The first-order valence-corrected chi connectivity index (χ1v) is 7.71. The molecule has 8 heteroatoms. The van der Waals surface area contributed by atoms with Crippen LogP contribution in [0.2, 0.25) is 0 Å². The van der Waals surface area contributed by atoms with Crippen molar-refractivity contribution in [2.24, 2.45) is 11.1 Å². The normalized spacial score (nSPS) is 24.3. The number of ether oxygens (including phenoxy) is 1. The van der Waals surface area contributed by atoms with Crippen molar-refractivity contribution in [1.82, 2.24) is 10.2 Å². The first kappa shape index (κ1) is 17.5. The Labute approximate surface area is 128 Å². The lowest BCUT2D eigenvalue weighted by atomic mass is 9.79. The number of nitrogens with one attached hydrogen (secondary N) is 1. The molecule has 0 aromatic rings. The molecule has 0 spiro atoms. The minimum absolute atomic E-state index is 0.142. The maximum atomic E-state index is 12.3. The van der Waals surface area contributed by atoms with E-state index in [9.17, 15) is 18.0 Å². The van der Waals surface area contributed by atoms with Crippen molar-refractivity contribution in [3.05, 3.63) is 0 Å². The number of primary amides is 1. The Morgan fingerprint density at radius 3 is 2.36 bits per heavy atom. The van der Waals surface area contributed by atoms with Gasteiger partial charge in [0.25, 0.3) is 0 Å². The highest BCUT2D eigenvalue weighted by atomic mass is 19.4. The summed E-state index contributed by atoms with van der Waals surface area (Å²) in [5.74, 6) is -0.321. The largest absolute Gasteiger partial charge is 0.401 e. The Bertz CT molecular complexity index is 376. The molecule has 0 radical (unpaired) electrons. The van der Waals surface area contributed by atoms with E-state index in [1.54, 1.807) is 0 Å². The summed E-state index contributed by atoms with van der Waals surface area (Å²) in [5.41, 5.74) is 4.96. The zero-order valence-electron chi connectivity index (χ0n) is 12.6. The third-order valence-electron chi connectivity index (χ3n) is 4.69. The average Bonchev–Trinajstić information content (AvgIpc) is 2.46. The van der Waals surface area contributed by atoms with Gasteiger partial charge in [0.2, 0.25) is 5.91 Å². The van der Waals surface area contributed by atoms with E-state index in [0.717, 1.165) is 0 Å². The number of hydrogen-bond acceptors (Lipinski definition) is 4. The summed E-state index contributed by atoms with van der Waals surface area (Å²) in [6.07, 6.45) is -1.63. The van der Waals surface area contributed by atoms with Crippen LogP contribution in [0.25, 0.3) is 0 Å². The van der Waals surface area contributed by atoms with Gasteiger partial charge in [0, 0.05) is 25.8 Å². The molecule has 2 fully saturated rings. The second kappa shape index (κ2) is 7.14. The van der Waals surface area contributed by atoms with Crippen LogP contribution in [0.1, 0.15) is 25.7 Å². The molecule has 0 atom stereocenters. The summed E-state index contributed by atoms with van der Waals surface area (Å²) in [6.45, 7) is 1.52. The Kier molecular flexibility index (Phi) is 5.68. The van der Waals surface area contributed by atoms with Crippen molar-refractivity contribution in [2.75, 3.05) is 39.4 Å². The van der Waals surface area contributed by atoms with Crippen molar-refractivity contribution >= 4 is 5.91 Å². The van der Waals surface area contributed by atoms with Crippen LogP contribution < -0.4 is 11.1 Å². The Morgan fingerprint density at radius 2 is 1.86 bits per heavy atom. The number of alkyl halides is 3. The third kappa shape index (κ3) is 4.82. The lowest BCUT2D eigenvalue weighted by Crippen LogP contribution is -2.52. The number of hydrogen-bond donors (Lipinski definition) is 2. The van der Waals surface area contributed by atoms with Gasteiger partial charge in [0.15, 0.2) is 0 Å². The smallest absolute Gasteiger partial charge is 0.381 e. The Morgan fingerprint density at radius 1 is 1.27 bits per heavy atom. The third-order valence-corrected chi connectivity index (χ3v) is 4.69. The number of piperidine rings is 1. The van der Waals surface area contributed by atoms with Gasteiger partial charge in [-0.25, -0.2) is 0 Å². The van der Waals surface area contributed by atoms with Crippen LogP contribution in [0.15, 0.2) is 0 Å². The van der Waals surface area contributed by atoms with Crippen molar-refractivity contribution in [1.29, 1.82) is 0 Å². The molecule has 1 amide bonds. The van der Waals surface area contributed by atoms with E-state index in [1.165, 1.54) is 4.90 Å². The SMILES string of the molecule is NC(=O)C1(CNC2CCN(CC(F)(F)F)CC2)CCOCC1. The number of nitrogens with zero attached hydrogens (tertiary/aromatic N) is 1. The molecule has 0 bridgehead atoms. The number of rotatable bonds is 5. The summed E-state index contributed by atoms with van der Waals surface area (Å²) in [5, 5.41) is 3.33. The monoisotopic (exact) mass is 323 g/mol. The lowest BCUT2D eigenvalue weighted by molar-refractivity contribution is -0.148. The molecule has 0 unspecified atom stereocenters. The molecule has 128 valence electrons. The van der Waals surface area contributed by atoms with Crippen LogP contribution in [0.4, 0.5) is 13.2 Å². The summed E-state index contributed by atoms with van der Waals surface area (Å²) in [4.78, 5) is 13.2. The van der Waals surface area contributed by atoms with E-state index in [0.29, 0.717) is 58.5 Å². The first-order valence-electron chi connectivity index (χ1n) is 7.71. The molecule has 3 N–H and O–H groups in total. The van der Waals surface area contributed by atoms with Gasteiger partial charge in [-0.15, -0.1) is 0 Å². The number of nitrogens with two attached hydrogens (primary N) is 1. The minimum atomic E-state index is -4.14. The molecular weight excluding hydrogens is 299 g/mol. The standard InChI is InChI=1S/C14H24F3N3O2/c15-14(16,17)10-20-5-1-11(2-6-20)19-9-13(12(18)21)3-7-22-8-4-13/h11,19H,1-10H2,(H2,18,21). The van der Waals surface area contributed by atoms with Crippen LogP contribution in [0, 0.1) is 5.41 Å². The predicted octanol–water partition coefficient (Wildman–Crippen LogP) is 0.885. The van der Waals surface area contributed by atoms with Crippen LogP contribution in [0.5, 0.6) is 0 Å². The molecular formula is C14H24F3N3O2. The van der Waals surface area contributed by atoms with Gasteiger partial charge in [-0.1, -0.05) is 0 Å². The van der Waals surface area contributed by atoms with E-state index in [2.05, 4.69) is 5.32 Å². The fourth-order valence-corrected chi connectivity index (χ4v) is 3.16. The maximum absolute atomic E-state index is 12.3. The average molecular weight is 323 g/mol. The van der Waals surface area contributed by atoms with E-state index >= 15 is 0 Å². The number of carbonyl (C=O) groups is 1. The molecule has 2 aliphatic heterocycles. The highest BCUT2D eigenvalue weighted by Gasteiger charge is 2.39. The highest BCUT2D eigenvalue weighted by molar-refractivity contribution is 5.81. The van der Waals surface area contributed by atoms with Gasteiger partial charge in [-0.3, -0.25) is 9.69 Å². The summed E-state index contributed by atoms with van der Waals surface area (Å²) in [7, 11) is 0. The zero-order chi connectivity index (χ0) is 16.2. The fourth-order valence-electron chi connectivity index (χ4n) is 3.16. The molecule has 22 heavy (non-hydrogen) atoms. The zero-order valence-corrected chi connectivity index (χ0v) is 12.6. The molecule has 0 aromatic carbocycles. The fraction of sp³-hybridized carbons (Fsp3) is 0.929. The quantitative estimate of drug-likeness (QED) is 0.788. The van der Waals surface area contributed by atoms with E-state index in [1.807, 2.05) is 0 Å². The summed E-state index contributed by atoms with van der Waals surface area (Å²) >= 11 is 0. The molecule has 2 aliphatic rings. The number of halogens is 3. The summed E-state index contributed by atoms with van der Waals surface area (Å²) < 4.78 is 42.3. The Hall–Kier alpha value is -0.860. The van der Waals surface area contributed by atoms with Gasteiger partial charge in [-0.05, 0) is 38.8 Å². The predicted molar refractivity (Wildman–Crippen MR) is 75.2 cm³/mol. The van der Waals surface area contributed by atoms with Crippen molar-refractivity contribution in [3.8, 4) is 0 Å². The van der Waals surface area contributed by atoms with E-state index in [4.69, 9.17) is 10.5 Å². The van der Waals surface area contributed by atoms with Crippen LogP contribution in [-0.2, 0) is 9.53 Å². The minimum Gasteiger partial charge on any atom is -0.381 e. The molecule has 2 rings (SSSR count). The molecule has 2 saturated heterocycles. The van der Waals surface area contributed by atoms with Crippen LogP contribution in [-0.4, -0.2) is 62.4 Å². The molecule has 0 aliphatic carbocycles. The second-order valence-electron chi connectivity index (χ2n) is 6.30. The molecule has 0 saturated carbocycles. The van der Waals surface area contributed by atoms with E-state index < -0.39 is 18.1 Å². The van der Waals surface area contributed by atoms with Crippen LogP contribution in [0.3, 0.4) is 0 Å². The molecule has 2 heterocycles. The topological polar surface area (TPSA) is 67.6 Å². The second-order valence-corrected chi connectivity index (χ2v) is 6.30. The maximum Gasteiger partial charge on any atom is 0.401 e. The van der Waals surface area contributed by atoms with Crippen LogP contribution >= 0.6 is 0 Å². The van der Waals surface area contributed by atoms with Crippen molar-refractivity contribution < 1.29 is 22.7 Å². The Balaban J connectivity index is 1.77.